The first kappa shape index (κ1) is 16.5. The number of nitrogens with one attached hydrogen (secondary N) is 2. The van der Waals surface area contributed by atoms with Crippen molar-refractivity contribution >= 4 is 17.5 Å². The first-order chi connectivity index (χ1) is 11.9. The smallest absolute Gasteiger partial charge is 0.181 e. The van der Waals surface area contributed by atoms with E-state index in [4.69, 9.17) is 11.1 Å². The molecule has 0 unspecified atom stereocenters. The summed E-state index contributed by atoms with van der Waals surface area (Å²) in [5.41, 5.74) is 7.05. The lowest BCUT2D eigenvalue weighted by molar-refractivity contribution is 0.627. The Bertz CT molecular complexity index is 958. The van der Waals surface area contributed by atoms with E-state index in [1.807, 2.05) is 0 Å². The lowest BCUT2D eigenvalue weighted by atomic mass is 10.0. The summed E-state index contributed by atoms with van der Waals surface area (Å²) in [6, 6.07) is 8.61. The summed E-state index contributed by atoms with van der Waals surface area (Å²) in [4.78, 5) is 4.16. The molecule has 25 heavy (non-hydrogen) atoms. The van der Waals surface area contributed by atoms with Gasteiger partial charge in [0.2, 0.25) is 0 Å². The Labute approximate surface area is 142 Å². The number of nitrogens with two attached hydrogens (primary N) is 1. The molecule has 0 bridgehead atoms. The van der Waals surface area contributed by atoms with Crippen molar-refractivity contribution < 1.29 is 8.78 Å². The number of hydrogen-bond acceptors (Lipinski definition) is 4. The second-order valence-corrected chi connectivity index (χ2v) is 5.46. The number of aryl methyl sites for hydroxylation is 1. The van der Waals surface area contributed by atoms with Crippen molar-refractivity contribution in [2.75, 3.05) is 5.73 Å². The fourth-order valence-electron chi connectivity index (χ4n) is 2.28. The molecule has 0 radical (unpaired) electrons. The van der Waals surface area contributed by atoms with Crippen LogP contribution in [0.15, 0.2) is 42.5 Å². The van der Waals surface area contributed by atoms with E-state index in [2.05, 4.69) is 15.2 Å². The maximum Gasteiger partial charge on any atom is 0.181 e. The SMILES string of the molecule is Cc1nc(-c2cc(F)c(N)c(C(=N)/C=C/c3ccc(F)cc3)c2)n[nH]1. The molecule has 2 aromatic carbocycles. The quantitative estimate of drug-likeness (QED) is 0.500. The van der Waals surface area contributed by atoms with E-state index in [1.165, 1.54) is 24.3 Å². The van der Waals surface area contributed by atoms with Gasteiger partial charge in [-0.3, -0.25) is 5.10 Å². The number of benzene rings is 2. The molecule has 0 aliphatic rings. The van der Waals surface area contributed by atoms with Gasteiger partial charge in [0.15, 0.2) is 5.82 Å². The Kier molecular flexibility index (Phi) is 4.38. The molecule has 0 atom stereocenters. The van der Waals surface area contributed by atoms with Crippen molar-refractivity contribution in [3.05, 3.63) is 71.1 Å². The van der Waals surface area contributed by atoms with Crippen LogP contribution < -0.4 is 5.73 Å². The van der Waals surface area contributed by atoms with Crippen LogP contribution in [-0.4, -0.2) is 20.9 Å². The van der Waals surface area contributed by atoms with Gasteiger partial charge in [-0.15, -0.1) is 0 Å². The van der Waals surface area contributed by atoms with Crippen molar-refractivity contribution in [1.82, 2.24) is 15.2 Å². The summed E-state index contributed by atoms with van der Waals surface area (Å²) >= 11 is 0. The maximum absolute atomic E-state index is 14.1. The predicted molar refractivity (Wildman–Crippen MR) is 93.2 cm³/mol. The van der Waals surface area contributed by atoms with Gasteiger partial charge in [-0.25, -0.2) is 13.8 Å². The molecule has 1 heterocycles. The van der Waals surface area contributed by atoms with Crippen molar-refractivity contribution in [2.24, 2.45) is 0 Å². The number of halogens is 2. The number of aromatic nitrogens is 3. The molecule has 0 aliphatic heterocycles. The van der Waals surface area contributed by atoms with Crippen LogP contribution in [0.4, 0.5) is 14.5 Å². The largest absolute Gasteiger partial charge is 0.396 e. The average Bonchev–Trinajstić information content (AvgIpc) is 3.03. The highest BCUT2D eigenvalue weighted by Gasteiger charge is 2.14. The van der Waals surface area contributed by atoms with E-state index in [1.54, 1.807) is 31.2 Å². The Morgan fingerprint density at radius 1 is 1.20 bits per heavy atom. The number of hydrogen-bond donors (Lipinski definition) is 3. The minimum atomic E-state index is -0.644. The standard InChI is InChI=1S/C18H15F2N5/c1-10-23-18(25-24-10)12-8-14(17(22)15(20)9-12)16(21)7-4-11-2-5-13(19)6-3-11/h2-9,21H,22H2,1H3,(H,23,24,25)/b7-4+,21-16?. The summed E-state index contributed by atoms with van der Waals surface area (Å²) in [7, 11) is 0. The van der Waals surface area contributed by atoms with Crippen molar-refractivity contribution in [3.8, 4) is 11.4 Å². The number of rotatable bonds is 4. The van der Waals surface area contributed by atoms with Crippen molar-refractivity contribution in [2.45, 2.75) is 6.92 Å². The Balaban J connectivity index is 1.94. The first-order valence-electron chi connectivity index (χ1n) is 7.45. The van der Waals surface area contributed by atoms with Gasteiger partial charge >= 0.3 is 0 Å². The zero-order chi connectivity index (χ0) is 18.0. The van der Waals surface area contributed by atoms with Crippen molar-refractivity contribution in [1.29, 1.82) is 5.41 Å². The van der Waals surface area contributed by atoms with E-state index in [9.17, 15) is 8.78 Å². The molecule has 1 aromatic heterocycles. The number of anilines is 1. The Morgan fingerprint density at radius 2 is 1.92 bits per heavy atom. The second kappa shape index (κ2) is 6.64. The highest BCUT2D eigenvalue weighted by Crippen LogP contribution is 2.25. The van der Waals surface area contributed by atoms with Gasteiger partial charge < -0.3 is 11.1 Å². The Hall–Kier alpha value is -3.35. The van der Waals surface area contributed by atoms with Gasteiger partial charge in [0, 0.05) is 11.1 Å². The molecule has 7 heteroatoms. The van der Waals surface area contributed by atoms with Crippen LogP contribution >= 0.6 is 0 Å². The molecule has 5 nitrogen and oxygen atoms in total. The zero-order valence-corrected chi connectivity index (χ0v) is 13.3. The minimum absolute atomic E-state index is 0.0230. The molecule has 0 spiro atoms. The van der Waals surface area contributed by atoms with Crippen molar-refractivity contribution in [3.63, 3.8) is 0 Å². The van der Waals surface area contributed by atoms with Crippen LogP contribution in [0.25, 0.3) is 17.5 Å². The summed E-state index contributed by atoms with van der Waals surface area (Å²) in [5.74, 6) is -0.0593. The van der Waals surface area contributed by atoms with E-state index < -0.39 is 5.82 Å². The third-order valence-corrected chi connectivity index (χ3v) is 3.59. The minimum Gasteiger partial charge on any atom is -0.396 e. The van der Waals surface area contributed by atoms with Gasteiger partial charge in [0.1, 0.15) is 17.5 Å². The van der Waals surface area contributed by atoms with E-state index >= 15 is 0 Å². The van der Waals surface area contributed by atoms with Gasteiger partial charge in [-0.1, -0.05) is 18.2 Å². The van der Waals surface area contributed by atoms with Crippen LogP contribution in [0.5, 0.6) is 0 Å². The number of H-pyrrole nitrogens is 1. The lowest BCUT2D eigenvalue weighted by Crippen LogP contribution is -2.04. The van der Waals surface area contributed by atoms with E-state index in [0.29, 0.717) is 22.8 Å². The Morgan fingerprint density at radius 3 is 2.56 bits per heavy atom. The molecule has 3 aromatic rings. The highest BCUT2D eigenvalue weighted by atomic mass is 19.1. The normalized spacial score (nSPS) is 11.2. The summed E-state index contributed by atoms with van der Waals surface area (Å²) in [5, 5.41) is 14.8. The zero-order valence-electron chi connectivity index (χ0n) is 13.3. The number of allylic oxidation sites excluding steroid dienone is 1. The van der Waals surface area contributed by atoms with Gasteiger partial charge in [0.05, 0.1) is 11.4 Å². The fourth-order valence-corrected chi connectivity index (χ4v) is 2.28. The van der Waals surface area contributed by atoms with Crippen LogP contribution in [0, 0.1) is 24.0 Å². The van der Waals surface area contributed by atoms with Crippen LogP contribution in [0.1, 0.15) is 17.0 Å². The predicted octanol–water partition coefficient (Wildman–Crippen LogP) is 3.72. The van der Waals surface area contributed by atoms with Crippen LogP contribution in [0.2, 0.25) is 0 Å². The number of nitrogens with zero attached hydrogens (tertiary/aromatic N) is 2. The molecule has 0 amide bonds. The van der Waals surface area contributed by atoms with Crippen LogP contribution in [0.3, 0.4) is 0 Å². The molecular formula is C18H15F2N5. The molecule has 0 fully saturated rings. The summed E-state index contributed by atoms with van der Waals surface area (Å²) in [6.45, 7) is 1.73. The molecule has 0 saturated heterocycles. The number of aromatic amines is 1. The molecular weight excluding hydrogens is 324 g/mol. The number of nitrogen functional groups attached to an aromatic ring is 1. The topological polar surface area (TPSA) is 91.4 Å². The molecule has 0 aliphatic carbocycles. The highest BCUT2D eigenvalue weighted by molar-refractivity contribution is 6.12. The lowest BCUT2D eigenvalue weighted by Gasteiger charge is -2.08. The second-order valence-electron chi connectivity index (χ2n) is 5.46. The van der Waals surface area contributed by atoms with Gasteiger partial charge in [-0.2, -0.15) is 5.10 Å². The van der Waals surface area contributed by atoms with Gasteiger partial charge in [-0.05, 0) is 42.8 Å². The van der Waals surface area contributed by atoms with E-state index in [0.717, 1.165) is 0 Å². The van der Waals surface area contributed by atoms with Crippen LogP contribution in [-0.2, 0) is 0 Å². The molecule has 4 N–H and O–H groups in total. The molecule has 126 valence electrons. The van der Waals surface area contributed by atoms with E-state index in [-0.39, 0.29) is 22.8 Å². The first-order valence-corrected chi connectivity index (χ1v) is 7.45. The maximum atomic E-state index is 14.1. The third kappa shape index (κ3) is 3.60. The molecule has 0 saturated carbocycles. The summed E-state index contributed by atoms with van der Waals surface area (Å²) in [6.07, 6.45) is 3.11. The third-order valence-electron chi connectivity index (χ3n) is 3.59. The van der Waals surface area contributed by atoms with Gasteiger partial charge in [0.25, 0.3) is 0 Å². The molecule has 3 rings (SSSR count). The monoisotopic (exact) mass is 339 g/mol. The fraction of sp³-hybridized carbons (Fsp3) is 0.0556. The average molecular weight is 339 g/mol. The summed E-state index contributed by atoms with van der Waals surface area (Å²) < 4.78 is 27.1.